The van der Waals surface area contributed by atoms with Gasteiger partial charge in [0.15, 0.2) is 5.84 Å². The van der Waals surface area contributed by atoms with Crippen molar-refractivity contribution in [3.8, 4) is 11.6 Å². The second-order valence-corrected chi connectivity index (χ2v) is 8.33. The van der Waals surface area contributed by atoms with Crippen LogP contribution in [-0.4, -0.2) is 45.2 Å². The van der Waals surface area contributed by atoms with Gasteiger partial charge in [-0.1, -0.05) is 0 Å². The van der Waals surface area contributed by atoms with Crippen LogP contribution in [-0.2, 0) is 6.18 Å². The second kappa shape index (κ2) is 8.30. The van der Waals surface area contributed by atoms with Gasteiger partial charge in [0.05, 0.1) is 24.7 Å². The Kier molecular flexibility index (Phi) is 5.41. The van der Waals surface area contributed by atoms with Gasteiger partial charge in [-0.2, -0.15) is 18.3 Å². The first kappa shape index (κ1) is 22.2. The number of hydrogen-bond donors (Lipinski definition) is 1. The van der Waals surface area contributed by atoms with Crippen molar-refractivity contribution < 1.29 is 22.3 Å². The number of pyridine rings is 1. The molecule has 0 aliphatic carbocycles. The van der Waals surface area contributed by atoms with E-state index < -0.39 is 29.6 Å². The number of nitrogens with zero attached hydrogens (tertiary/aromatic N) is 5. The molecule has 0 saturated carbocycles. The number of piperidine rings is 1. The van der Waals surface area contributed by atoms with Crippen molar-refractivity contribution in [2.75, 3.05) is 13.7 Å². The highest BCUT2D eigenvalue weighted by Gasteiger charge is 2.42. The maximum atomic E-state index is 14.0. The number of fused-ring (bicyclic) bond motifs is 1. The van der Waals surface area contributed by atoms with Gasteiger partial charge in [-0.05, 0) is 55.7 Å². The van der Waals surface area contributed by atoms with Crippen LogP contribution in [0, 0.1) is 12.7 Å². The van der Waals surface area contributed by atoms with E-state index in [0.29, 0.717) is 42.5 Å². The van der Waals surface area contributed by atoms with Crippen LogP contribution in [0.5, 0.6) is 5.88 Å². The Bertz CT molecular complexity index is 1250. The number of hydrogen-bond acceptors (Lipinski definition) is 6. The SMILES string of the molecule is COc1nc(C2=NN3CCC[C@@H](c4cc(F)ccc4C(F)(F)F)C3N2)ccc1-n1cnc(C)c1. The van der Waals surface area contributed by atoms with E-state index in [0.717, 1.165) is 23.9 Å². The maximum Gasteiger partial charge on any atom is 0.416 e. The number of halogens is 4. The molecule has 0 radical (unpaired) electrons. The minimum absolute atomic E-state index is 0.0671. The summed E-state index contributed by atoms with van der Waals surface area (Å²) < 4.78 is 62.2. The number of ether oxygens (including phenoxy) is 1. The van der Waals surface area contributed by atoms with E-state index in [1.165, 1.54) is 7.11 Å². The van der Waals surface area contributed by atoms with E-state index in [1.807, 2.05) is 19.2 Å². The van der Waals surface area contributed by atoms with Crippen LogP contribution in [0.4, 0.5) is 17.6 Å². The van der Waals surface area contributed by atoms with Crippen LogP contribution in [0.25, 0.3) is 5.69 Å². The van der Waals surface area contributed by atoms with Crippen molar-refractivity contribution in [2.24, 2.45) is 5.10 Å². The van der Waals surface area contributed by atoms with E-state index in [4.69, 9.17) is 4.74 Å². The highest BCUT2D eigenvalue weighted by molar-refractivity contribution is 5.98. The first-order valence-electron chi connectivity index (χ1n) is 10.8. The van der Waals surface area contributed by atoms with Gasteiger partial charge in [0.1, 0.15) is 23.4 Å². The van der Waals surface area contributed by atoms with Crippen LogP contribution in [0.15, 0.2) is 48.0 Å². The summed E-state index contributed by atoms with van der Waals surface area (Å²) in [6, 6.07) is 6.21. The molecule has 1 N–H and O–H groups in total. The van der Waals surface area contributed by atoms with Gasteiger partial charge in [0.25, 0.3) is 0 Å². The number of methoxy groups -OCH3 is 1. The summed E-state index contributed by atoms with van der Waals surface area (Å²) in [7, 11) is 1.51. The van der Waals surface area contributed by atoms with Gasteiger partial charge in [-0.25, -0.2) is 14.4 Å². The van der Waals surface area contributed by atoms with E-state index in [1.54, 1.807) is 22.0 Å². The molecule has 2 aromatic heterocycles. The molecule has 1 fully saturated rings. The third kappa shape index (κ3) is 3.95. The van der Waals surface area contributed by atoms with Crippen LogP contribution >= 0.6 is 0 Å². The van der Waals surface area contributed by atoms with Crippen molar-refractivity contribution in [3.05, 3.63) is 71.2 Å². The fourth-order valence-electron chi connectivity index (χ4n) is 4.58. The summed E-state index contributed by atoms with van der Waals surface area (Å²) in [6.45, 7) is 2.44. The third-order valence-electron chi connectivity index (χ3n) is 6.10. The van der Waals surface area contributed by atoms with Gasteiger partial charge in [0, 0.05) is 18.7 Å². The summed E-state index contributed by atoms with van der Waals surface area (Å²) >= 11 is 0. The Balaban J connectivity index is 1.46. The Labute approximate surface area is 193 Å². The number of alkyl halides is 3. The molecule has 2 aliphatic heterocycles. The van der Waals surface area contributed by atoms with Crippen molar-refractivity contribution >= 4 is 5.84 Å². The van der Waals surface area contributed by atoms with Crippen molar-refractivity contribution in [3.63, 3.8) is 0 Å². The molecule has 178 valence electrons. The smallest absolute Gasteiger partial charge is 0.416 e. The molecule has 34 heavy (non-hydrogen) atoms. The molecule has 0 bridgehead atoms. The van der Waals surface area contributed by atoms with Crippen molar-refractivity contribution in [1.29, 1.82) is 0 Å². The summed E-state index contributed by atoms with van der Waals surface area (Å²) in [6.07, 6.45) is -0.531. The topological polar surface area (TPSA) is 67.6 Å². The standard InChI is InChI=1S/C23H22F4N6O/c1-13-11-32(12-28-13)19-8-7-18(29-22(19)34-2)20-30-21-15(4-3-9-33(21)31-20)16-10-14(24)5-6-17(16)23(25,26)27/h5-8,10-12,15,21H,3-4,9H2,1-2H3,(H,30,31)/t15-,21?/m0/s1. The van der Waals surface area contributed by atoms with Crippen LogP contribution in [0.3, 0.4) is 0 Å². The van der Waals surface area contributed by atoms with E-state index in [2.05, 4.69) is 20.4 Å². The Morgan fingerprint density at radius 3 is 2.71 bits per heavy atom. The molecule has 0 spiro atoms. The first-order chi connectivity index (χ1) is 16.2. The zero-order chi connectivity index (χ0) is 24.0. The lowest BCUT2D eigenvalue weighted by atomic mass is 9.85. The molecule has 2 atom stereocenters. The molecule has 2 aliphatic rings. The number of hydrazone groups is 1. The quantitative estimate of drug-likeness (QED) is 0.574. The molecular formula is C23H22F4N6O. The molecule has 5 rings (SSSR count). The monoisotopic (exact) mass is 474 g/mol. The predicted molar refractivity (Wildman–Crippen MR) is 116 cm³/mol. The predicted octanol–water partition coefficient (Wildman–Crippen LogP) is 4.21. The minimum atomic E-state index is -4.58. The fourth-order valence-corrected chi connectivity index (χ4v) is 4.58. The van der Waals surface area contributed by atoms with Crippen molar-refractivity contribution in [2.45, 2.75) is 38.0 Å². The molecular weight excluding hydrogens is 452 g/mol. The zero-order valence-corrected chi connectivity index (χ0v) is 18.5. The molecule has 1 unspecified atom stereocenters. The number of imidazole rings is 1. The molecule has 1 aromatic carbocycles. The van der Waals surface area contributed by atoms with Crippen LogP contribution < -0.4 is 10.1 Å². The average molecular weight is 474 g/mol. The summed E-state index contributed by atoms with van der Waals surface area (Å²) in [4.78, 5) is 8.77. The van der Waals surface area contributed by atoms with Gasteiger partial charge >= 0.3 is 6.18 Å². The zero-order valence-electron chi connectivity index (χ0n) is 18.5. The van der Waals surface area contributed by atoms with E-state index >= 15 is 0 Å². The molecule has 0 amide bonds. The molecule has 4 heterocycles. The molecule has 3 aromatic rings. The first-order valence-corrected chi connectivity index (χ1v) is 10.8. The van der Waals surface area contributed by atoms with E-state index in [9.17, 15) is 17.6 Å². The molecule has 11 heteroatoms. The number of nitrogens with one attached hydrogen (secondary N) is 1. The number of rotatable bonds is 4. The summed E-state index contributed by atoms with van der Waals surface area (Å²) in [5.74, 6) is -0.521. The highest BCUT2D eigenvalue weighted by Crippen LogP contribution is 2.41. The van der Waals surface area contributed by atoms with Gasteiger partial charge in [-0.15, -0.1) is 0 Å². The third-order valence-corrected chi connectivity index (χ3v) is 6.10. The highest BCUT2D eigenvalue weighted by atomic mass is 19.4. The molecule has 1 saturated heterocycles. The fraction of sp³-hybridized carbons (Fsp3) is 0.348. The molecule has 7 nitrogen and oxygen atoms in total. The van der Waals surface area contributed by atoms with Crippen LogP contribution in [0.2, 0.25) is 0 Å². The maximum absolute atomic E-state index is 14.0. The normalized spacial score (nSPS) is 20.1. The Morgan fingerprint density at radius 2 is 2.00 bits per heavy atom. The minimum Gasteiger partial charge on any atom is -0.479 e. The largest absolute Gasteiger partial charge is 0.479 e. The lowest BCUT2D eigenvalue weighted by molar-refractivity contribution is -0.138. The lowest BCUT2D eigenvalue weighted by Crippen LogP contribution is -2.46. The summed E-state index contributed by atoms with van der Waals surface area (Å²) in [5, 5.41) is 9.52. The van der Waals surface area contributed by atoms with Gasteiger partial charge in [0.2, 0.25) is 5.88 Å². The van der Waals surface area contributed by atoms with Crippen molar-refractivity contribution in [1.82, 2.24) is 24.9 Å². The Hall–Kier alpha value is -3.63. The number of benzene rings is 1. The average Bonchev–Trinajstić information content (AvgIpc) is 3.43. The van der Waals surface area contributed by atoms with Crippen LogP contribution in [0.1, 0.15) is 41.3 Å². The summed E-state index contributed by atoms with van der Waals surface area (Å²) in [5.41, 5.74) is 1.13. The van der Waals surface area contributed by atoms with Gasteiger partial charge < -0.3 is 14.6 Å². The number of aromatic nitrogens is 3. The second-order valence-electron chi connectivity index (χ2n) is 8.33. The number of aryl methyl sites for hydroxylation is 1. The van der Waals surface area contributed by atoms with Gasteiger partial charge in [-0.3, -0.25) is 5.01 Å². The number of amidine groups is 1. The lowest BCUT2D eigenvalue weighted by Gasteiger charge is -2.36. The Morgan fingerprint density at radius 1 is 1.18 bits per heavy atom. The van der Waals surface area contributed by atoms with E-state index in [-0.39, 0.29) is 5.56 Å².